The lowest BCUT2D eigenvalue weighted by Gasteiger charge is -2.20. The molecule has 1 aromatic rings. The van der Waals surface area contributed by atoms with E-state index in [0.29, 0.717) is 0 Å². The van der Waals surface area contributed by atoms with Crippen molar-refractivity contribution in [1.82, 2.24) is 15.5 Å². The molecule has 5 heteroatoms. The molecule has 0 bridgehead atoms. The van der Waals surface area contributed by atoms with Gasteiger partial charge < -0.3 is 10.6 Å². The lowest BCUT2D eigenvalue weighted by molar-refractivity contribution is 0.295. The highest BCUT2D eigenvalue weighted by molar-refractivity contribution is 7.98. The van der Waals surface area contributed by atoms with Crippen LogP contribution in [0.15, 0.2) is 29.3 Å². The molecule has 0 saturated heterocycles. The number of unbranched alkanes of at least 4 members (excludes halogenated alkanes) is 1. The molecule has 0 fully saturated rings. The van der Waals surface area contributed by atoms with E-state index in [-0.39, 0.29) is 0 Å². The van der Waals surface area contributed by atoms with E-state index in [1.807, 2.05) is 11.8 Å². The zero-order valence-corrected chi connectivity index (χ0v) is 17.3. The number of hydrogen-bond donors (Lipinski definition) is 2. The zero-order chi connectivity index (χ0) is 18.3. The average molecular weight is 365 g/mol. The number of benzene rings is 1. The van der Waals surface area contributed by atoms with Crippen molar-refractivity contribution >= 4 is 17.7 Å². The molecule has 4 nitrogen and oxygen atoms in total. The zero-order valence-electron chi connectivity index (χ0n) is 16.5. The minimum atomic E-state index is 0.720. The van der Waals surface area contributed by atoms with Crippen LogP contribution in [0.3, 0.4) is 0 Å². The lowest BCUT2D eigenvalue weighted by Crippen LogP contribution is -2.37. The minimum Gasteiger partial charge on any atom is -0.357 e. The van der Waals surface area contributed by atoms with Gasteiger partial charge in [-0.15, -0.1) is 0 Å². The Kier molecular flexibility index (Phi) is 12.2. The molecule has 0 aliphatic rings. The number of thioether (sulfide) groups is 1. The molecule has 0 saturated carbocycles. The first-order valence-corrected chi connectivity index (χ1v) is 10.9. The van der Waals surface area contributed by atoms with Crippen LogP contribution in [0.2, 0.25) is 0 Å². The fourth-order valence-electron chi connectivity index (χ4n) is 2.64. The van der Waals surface area contributed by atoms with Crippen molar-refractivity contribution in [2.45, 2.75) is 46.7 Å². The van der Waals surface area contributed by atoms with E-state index in [2.05, 4.69) is 66.8 Å². The van der Waals surface area contributed by atoms with Gasteiger partial charge in [-0.1, -0.05) is 38.1 Å². The van der Waals surface area contributed by atoms with E-state index < -0.39 is 0 Å². The highest BCUT2D eigenvalue weighted by Gasteiger charge is 2.06. The highest BCUT2D eigenvalue weighted by Crippen LogP contribution is 2.13. The van der Waals surface area contributed by atoms with Crippen LogP contribution in [0.4, 0.5) is 0 Å². The largest absolute Gasteiger partial charge is 0.357 e. The normalized spacial score (nSPS) is 11.8. The van der Waals surface area contributed by atoms with Crippen LogP contribution >= 0.6 is 11.8 Å². The quantitative estimate of drug-likeness (QED) is 0.337. The molecule has 0 atom stereocenters. The maximum absolute atomic E-state index is 4.79. The van der Waals surface area contributed by atoms with E-state index in [0.717, 1.165) is 45.2 Å². The fourth-order valence-corrected chi connectivity index (χ4v) is 3.13. The molecular weight excluding hydrogens is 328 g/mol. The summed E-state index contributed by atoms with van der Waals surface area (Å²) < 4.78 is 0. The van der Waals surface area contributed by atoms with Crippen LogP contribution < -0.4 is 10.6 Å². The van der Waals surface area contributed by atoms with Crippen LogP contribution in [-0.2, 0) is 13.1 Å². The number of nitrogens with zero attached hydrogens (tertiary/aromatic N) is 2. The Bertz CT molecular complexity index is 486. The minimum absolute atomic E-state index is 0.720. The number of rotatable bonds is 12. The highest BCUT2D eigenvalue weighted by atomic mass is 32.2. The van der Waals surface area contributed by atoms with Gasteiger partial charge in [0, 0.05) is 19.6 Å². The number of nitrogens with one attached hydrogen (secondary N) is 2. The first-order chi connectivity index (χ1) is 12.2. The standard InChI is InChI=1S/C20H36N4S/c1-5-21-20(22-14-10-11-15-25-4)23-16-18-12-8-9-13-19(18)17-24(6-2)7-3/h8-9,12-13H,5-7,10-11,14-17H2,1-4H3,(H2,21,22,23). The van der Waals surface area contributed by atoms with Crippen LogP contribution in [0, 0.1) is 0 Å². The van der Waals surface area contributed by atoms with Gasteiger partial charge in [0.25, 0.3) is 0 Å². The van der Waals surface area contributed by atoms with Crippen molar-refractivity contribution in [3.05, 3.63) is 35.4 Å². The monoisotopic (exact) mass is 364 g/mol. The molecule has 0 radical (unpaired) electrons. The predicted octanol–water partition coefficient (Wildman–Crippen LogP) is 3.73. The molecule has 0 aromatic heterocycles. The Labute approximate surface area is 158 Å². The van der Waals surface area contributed by atoms with E-state index >= 15 is 0 Å². The second-order valence-corrected chi connectivity index (χ2v) is 7.04. The third-order valence-corrected chi connectivity index (χ3v) is 4.92. The van der Waals surface area contributed by atoms with Crippen molar-refractivity contribution < 1.29 is 0 Å². The third-order valence-electron chi connectivity index (χ3n) is 4.23. The third kappa shape index (κ3) is 9.17. The molecule has 142 valence electrons. The second kappa shape index (κ2) is 14.0. The summed E-state index contributed by atoms with van der Waals surface area (Å²) in [4.78, 5) is 7.23. The van der Waals surface area contributed by atoms with E-state index in [1.165, 1.54) is 29.7 Å². The van der Waals surface area contributed by atoms with E-state index in [4.69, 9.17) is 4.99 Å². The van der Waals surface area contributed by atoms with Crippen molar-refractivity contribution in [2.75, 3.05) is 38.2 Å². The van der Waals surface area contributed by atoms with Gasteiger partial charge >= 0.3 is 0 Å². The Morgan fingerprint density at radius 3 is 2.40 bits per heavy atom. The maximum Gasteiger partial charge on any atom is 0.191 e. The van der Waals surface area contributed by atoms with Crippen LogP contribution in [0.5, 0.6) is 0 Å². The second-order valence-electron chi connectivity index (χ2n) is 6.05. The van der Waals surface area contributed by atoms with Gasteiger partial charge in [0.15, 0.2) is 5.96 Å². The van der Waals surface area contributed by atoms with Crippen molar-refractivity contribution in [1.29, 1.82) is 0 Å². The molecule has 1 rings (SSSR count). The van der Waals surface area contributed by atoms with Gasteiger partial charge in [-0.25, -0.2) is 4.99 Å². The van der Waals surface area contributed by atoms with Crippen molar-refractivity contribution in [2.24, 2.45) is 4.99 Å². The molecule has 1 aromatic carbocycles. The lowest BCUT2D eigenvalue weighted by atomic mass is 10.1. The Balaban J connectivity index is 2.65. The van der Waals surface area contributed by atoms with Gasteiger partial charge in [0.2, 0.25) is 0 Å². The molecule has 0 heterocycles. The van der Waals surface area contributed by atoms with Crippen LogP contribution in [0.1, 0.15) is 44.7 Å². The molecule has 25 heavy (non-hydrogen) atoms. The molecule has 2 N–H and O–H groups in total. The van der Waals surface area contributed by atoms with Gasteiger partial charge in [-0.3, -0.25) is 4.90 Å². The topological polar surface area (TPSA) is 39.7 Å². The number of guanidine groups is 1. The fraction of sp³-hybridized carbons (Fsp3) is 0.650. The molecule has 0 aliphatic heterocycles. The molecule has 0 aliphatic carbocycles. The van der Waals surface area contributed by atoms with Crippen molar-refractivity contribution in [3.8, 4) is 0 Å². The van der Waals surface area contributed by atoms with Gasteiger partial charge in [0.05, 0.1) is 6.54 Å². The van der Waals surface area contributed by atoms with Crippen LogP contribution in [-0.4, -0.2) is 49.0 Å². The van der Waals surface area contributed by atoms with E-state index in [9.17, 15) is 0 Å². The summed E-state index contributed by atoms with van der Waals surface area (Å²) in [5.74, 6) is 2.15. The summed E-state index contributed by atoms with van der Waals surface area (Å²) in [6, 6.07) is 8.66. The first kappa shape index (κ1) is 21.8. The summed E-state index contributed by atoms with van der Waals surface area (Å²) in [6.07, 6.45) is 4.60. The summed E-state index contributed by atoms with van der Waals surface area (Å²) in [6.45, 7) is 12.3. The average Bonchev–Trinajstić information content (AvgIpc) is 2.64. The number of aliphatic imine (C=N–C) groups is 1. The van der Waals surface area contributed by atoms with Gasteiger partial charge in [-0.2, -0.15) is 11.8 Å². The summed E-state index contributed by atoms with van der Waals surface area (Å²) in [7, 11) is 0. The smallest absolute Gasteiger partial charge is 0.191 e. The molecular formula is C20H36N4S. The van der Waals surface area contributed by atoms with Crippen LogP contribution in [0.25, 0.3) is 0 Å². The molecule has 0 unspecified atom stereocenters. The predicted molar refractivity (Wildman–Crippen MR) is 114 cm³/mol. The Hall–Kier alpha value is -1.20. The van der Waals surface area contributed by atoms with E-state index in [1.54, 1.807) is 0 Å². The Morgan fingerprint density at radius 1 is 1.04 bits per heavy atom. The summed E-state index contributed by atoms with van der Waals surface area (Å²) >= 11 is 1.91. The van der Waals surface area contributed by atoms with Gasteiger partial charge in [0.1, 0.15) is 0 Å². The SMILES string of the molecule is CCNC(=NCc1ccccc1CN(CC)CC)NCCCCSC. The number of hydrogen-bond acceptors (Lipinski definition) is 3. The molecule has 0 amide bonds. The summed E-state index contributed by atoms with van der Waals surface area (Å²) in [5.41, 5.74) is 2.69. The Morgan fingerprint density at radius 2 is 1.76 bits per heavy atom. The molecule has 0 spiro atoms. The van der Waals surface area contributed by atoms with Crippen molar-refractivity contribution in [3.63, 3.8) is 0 Å². The first-order valence-electron chi connectivity index (χ1n) is 9.55. The summed E-state index contributed by atoms with van der Waals surface area (Å²) in [5, 5.41) is 6.80. The van der Waals surface area contributed by atoms with Gasteiger partial charge in [-0.05, 0) is 56.0 Å². The maximum atomic E-state index is 4.79.